The van der Waals surface area contributed by atoms with Crippen LogP contribution < -0.4 is 5.32 Å². The fourth-order valence-corrected chi connectivity index (χ4v) is 3.17. The molecule has 1 aromatic carbocycles. The molecule has 0 saturated heterocycles. The van der Waals surface area contributed by atoms with Crippen LogP contribution in [0.25, 0.3) is 0 Å². The minimum atomic E-state index is -0.170. The van der Waals surface area contributed by atoms with E-state index in [0.29, 0.717) is 11.3 Å². The molecule has 0 aliphatic heterocycles. The summed E-state index contributed by atoms with van der Waals surface area (Å²) in [7, 11) is 0. The van der Waals surface area contributed by atoms with Crippen LogP contribution in [-0.2, 0) is 4.79 Å². The van der Waals surface area contributed by atoms with E-state index in [1.54, 1.807) is 24.3 Å². The lowest BCUT2D eigenvalue weighted by molar-refractivity contribution is -0.113. The second-order valence-corrected chi connectivity index (χ2v) is 6.43. The highest BCUT2D eigenvalue weighted by Crippen LogP contribution is 2.22. The summed E-state index contributed by atoms with van der Waals surface area (Å²) in [6, 6.07) is 6.96. The number of anilines is 1. The topological polar surface area (TPSA) is 72.0 Å². The Morgan fingerprint density at radius 3 is 2.70 bits per heavy atom. The van der Waals surface area contributed by atoms with Crippen LogP contribution in [0.3, 0.4) is 0 Å². The Morgan fingerprint density at radius 1 is 1.30 bits per heavy atom. The van der Waals surface area contributed by atoms with Crippen LogP contribution in [-0.4, -0.2) is 27.6 Å². The monoisotopic (exact) mass is 307 g/mol. The number of para-hydroxylation sites is 1. The molecule has 104 valence electrons. The van der Waals surface area contributed by atoms with E-state index in [2.05, 4.69) is 15.5 Å². The van der Waals surface area contributed by atoms with E-state index < -0.39 is 0 Å². The van der Waals surface area contributed by atoms with Crippen molar-refractivity contribution in [1.29, 1.82) is 0 Å². The van der Waals surface area contributed by atoms with Gasteiger partial charge in [0.15, 0.2) is 10.1 Å². The van der Waals surface area contributed by atoms with Gasteiger partial charge < -0.3 is 5.32 Å². The van der Waals surface area contributed by atoms with Gasteiger partial charge in [-0.05, 0) is 26.0 Å². The molecular formula is C13H13N3O2S2. The third kappa shape index (κ3) is 3.88. The number of aryl methyl sites for hydroxylation is 1. The highest BCUT2D eigenvalue weighted by molar-refractivity contribution is 8.01. The van der Waals surface area contributed by atoms with Gasteiger partial charge in [-0.2, -0.15) is 0 Å². The highest BCUT2D eigenvalue weighted by atomic mass is 32.2. The number of hydrogen-bond donors (Lipinski definition) is 1. The van der Waals surface area contributed by atoms with Gasteiger partial charge in [0, 0.05) is 5.56 Å². The van der Waals surface area contributed by atoms with Crippen molar-refractivity contribution < 1.29 is 9.59 Å². The van der Waals surface area contributed by atoms with E-state index in [9.17, 15) is 9.59 Å². The first-order valence-electron chi connectivity index (χ1n) is 5.89. The van der Waals surface area contributed by atoms with E-state index in [4.69, 9.17) is 0 Å². The Balaban J connectivity index is 1.96. The summed E-state index contributed by atoms with van der Waals surface area (Å²) >= 11 is 2.78. The lowest BCUT2D eigenvalue weighted by Gasteiger charge is -2.08. The molecule has 7 heteroatoms. The summed E-state index contributed by atoms with van der Waals surface area (Å²) < 4.78 is 0.762. The maximum absolute atomic E-state index is 11.9. The average Bonchev–Trinajstić information content (AvgIpc) is 2.83. The Hall–Kier alpha value is -1.73. The van der Waals surface area contributed by atoms with Crippen molar-refractivity contribution in [2.75, 3.05) is 11.1 Å². The van der Waals surface area contributed by atoms with Crippen LogP contribution in [0.2, 0.25) is 0 Å². The first-order chi connectivity index (χ1) is 9.56. The molecule has 0 fully saturated rings. The predicted molar refractivity (Wildman–Crippen MR) is 80.4 cm³/mol. The summed E-state index contributed by atoms with van der Waals surface area (Å²) in [6.45, 7) is 3.34. The van der Waals surface area contributed by atoms with Crippen molar-refractivity contribution in [2.45, 2.75) is 18.2 Å². The molecule has 0 aliphatic carbocycles. The summed E-state index contributed by atoms with van der Waals surface area (Å²) in [5, 5.41) is 11.4. The molecule has 2 aromatic rings. The Kier molecular flexibility index (Phi) is 4.86. The van der Waals surface area contributed by atoms with Gasteiger partial charge in [0.2, 0.25) is 5.91 Å². The van der Waals surface area contributed by atoms with Gasteiger partial charge in [-0.25, -0.2) is 0 Å². The first kappa shape index (κ1) is 14.7. The fraction of sp³-hybridized carbons (Fsp3) is 0.231. The number of Topliss-reactive ketones (excluding diaryl/α,β-unsaturated/α-hetero) is 1. The van der Waals surface area contributed by atoms with E-state index in [1.807, 2.05) is 6.92 Å². The summed E-state index contributed by atoms with van der Waals surface area (Å²) in [5.74, 6) is -0.00853. The number of amides is 1. The largest absolute Gasteiger partial charge is 0.325 e. The molecule has 0 unspecified atom stereocenters. The average molecular weight is 307 g/mol. The minimum Gasteiger partial charge on any atom is -0.325 e. The summed E-state index contributed by atoms with van der Waals surface area (Å²) in [4.78, 5) is 23.3. The summed E-state index contributed by atoms with van der Waals surface area (Å²) in [5.41, 5.74) is 1.05. The Morgan fingerprint density at radius 2 is 2.05 bits per heavy atom. The maximum Gasteiger partial charge on any atom is 0.234 e. The van der Waals surface area contributed by atoms with E-state index in [1.165, 1.54) is 30.0 Å². The quantitative estimate of drug-likeness (QED) is 0.679. The molecule has 5 nitrogen and oxygen atoms in total. The predicted octanol–water partition coefficient (Wildman–Crippen LogP) is 2.78. The number of thioether (sulfide) groups is 1. The number of hydrogen-bond acceptors (Lipinski definition) is 6. The van der Waals surface area contributed by atoms with Gasteiger partial charge >= 0.3 is 0 Å². The van der Waals surface area contributed by atoms with Crippen molar-refractivity contribution in [1.82, 2.24) is 10.2 Å². The standard InChI is InChI=1S/C13H13N3O2S2/c1-8(17)10-5-3-4-6-11(10)14-12(18)7-19-13-16-15-9(2)20-13/h3-6H,7H2,1-2H3,(H,14,18). The molecule has 1 heterocycles. The maximum atomic E-state index is 11.9. The smallest absolute Gasteiger partial charge is 0.234 e. The number of ketones is 1. The second kappa shape index (κ2) is 6.62. The SMILES string of the molecule is CC(=O)c1ccccc1NC(=O)CSc1nnc(C)s1. The van der Waals surface area contributed by atoms with Crippen LogP contribution in [0.5, 0.6) is 0 Å². The molecule has 0 radical (unpaired) electrons. The van der Waals surface area contributed by atoms with E-state index >= 15 is 0 Å². The number of rotatable bonds is 5. The molecule has 0 aliphatic rings. The van der Waals surface area contributed by atoms with Crippen LogP contribution in [0, 0.1) is 6.92 Å². The number of aromatic nitrogens is 2. The van der Waals surface area contributed by atoms with Gasteiger partial charge in [-0.1, -0.05) is 35.2 Å². The van der Waals surface area contributed by atoms with Gasteiger partial charge in [0.25, 0.3) is 0 Å². The molecule has 0 saturated carbocycles. The van der Waals surface area contributed by atoms with Gasteiger partial charge in [-0.15, -0.1) is 10.2 Å². The van der Waals surface area contributed by atoms with Crippen molar-refractivity contribution in [3.8, 4) is 0 Å². The van der Waals surface area contributed by atoms with Gasteiger partial charge in [0.1, 0.15) is 5.01 Å². The number of benzene rings is 1. The second-order valence-electron chi connectivity index (χ2n) is 4.03. The van der Waals surface area contributed by atoms with Crippen molar-refractivity contribution in [3.05, 3.63) is 34.8 Å². The zero-order chi connectivity index (χ0) is 14.5. The molecule has 20 heavy (non-hydrogen) atoms. The van der Waals surface area contributed by atoms with Crippen LogP contribution in [0.4, 0.5) is 5.69 Å². The van der Waals surface area contributed by atoms with Crippen LogP contribution >= 0.6 is 23.1 Å². The first-order valence-corrected chi connectivity index (χ1v) is 7.69. The normalized spacial score (nSPS) is 10.3. The molecule has 1 aromatic heterocycles. The van der Waals surface area contributed by atoms with Crippen LogP contribution in [0.15, 0.2) is 28.6 Å². The number of nitrogens with one attached hydrogen (secondary N) is 1. The minimum absolute atomic E-state index is 0.0756. The lowest BCUT2D eigenvalue weighted by Crippen LogP contribution is -2.16. The molecule has 1 amide bonds. The zero-order valence-electron chi connectivity index (χ0n) is 11.0. The van der Waals surface area contributed by atoms with Crippen molar-refractivity contribution >= 4 is 40.5 Å². The van der Waals surface area contributed by atoms with Crippen LogP contribution in [0.1, 0.15) is 22.3 Å². The number of nitrogens with zero attached hydrogens (tertiary/aromatic N) is 2. The highest BCUT2D eigenvalue weighted by Gasteiger charge is 2.11. The lowest BCUT2D eigenvalue weighted by atomic mass is 10.1. The van der Waals surface area contributed by atoms with Gasteiger partial charge in [0.05, 0.1) is 11.4 Å². The van der Waals surface area contributed by atoms with E-state index in [-0.39, 0.29) is 17.4 Å². The molecule has 0 atom stereocenters. The third-order valence-corrected chi connectivity index (χ3v) is 4.39. The molecule has 1 N–H and O–H groups in total. The number of carbonyl (C=O) groups excluding carboxylic acids is 2. The fourth-order valence-electron chi connectivity index (χ4n) is 1.55. The Labute approximate surface area is 124 Å². The van der Waals surface area contributed by atoms with Crippen molar-refractivity contribution in [3.63, 3.8) is 0 Å². The molecular weight excluding hydrogens is 294 g/mol. The van der Waals surface area contributed by atoms with Crippen molar-refractivity contribution in [2.24, 2.45) is 0 Å². The molecule has 0 spiro atoms. The molecule has 0 bridgehead atoms. The third-order valence-electron chi connectivity index (χ3n) is 2.41. The zero-order valence-corrected chi connectivity index (χ0v) is 12.7. The summed E-state index contributed by atoms with van der Waals surface area (Å²) in [6.07, 6.45) is 0. The number of carbonyl (C=O) groups is 2. The molecule has 2 rings (SSSR count). The van der Waals surface area contributed by atoms with E-state index in [0.717, 1.165) is 9.35 Å². The van der Waals surface area contributed by atoms with Gasteiger partial charge in [-0.3, -0.25) is 9.59 Å². The Bertz CT molecular complexity index is 640.